The third-order valence-corrected chi connectivity index (χ3v) is 3.39. The number of hydrogen-bond acceptors (Lipinski definition) is 2. The highest BCUT2D eigenvalue weighted by Gasteiger charge is 2.06. The van der Waals surface area contributed by atoms with Gasteiger partial charge in [0.25, 0.3) is 0 Å². The smallest absolute Gasteiger partial charge is 0.188 e. The fraction of sp³-hybridized carbons (Fsp3) is 0.438. The number of halogens is 1. The van der Waals surface area contributed by atoms with Crippen molar-refractivity contribution in [1.82, 2.24) is 5.32 Å². The van der Waals surface area contributed by atoms with Crippen molar-refractivity contribution in [1.29, 1.82) is 0 Å². The van der Waals surface area contributed by atoms with Gasteiger partial charge in [-0.3, -0.25) is 0 Å². The molecule has 0 saturated carbocycles. The van der Waals surface area contributed by atoms with Gasteiger partial charge < -0.3 is 16.0 Å². The van der Waals surface area contributed by atoms with Gasteiger partial charge in [-0.15, -0.1) is 24.0 Å². The molecule has 0 atom stereocenters. The number of nitrogens with two attached hydrogens (primary N) is 1. The van der Waals surface area contributed by atoms with E-state index in [2.05, 4.69) is 58.6 Å². The monoisotopic (exact) mass is 400 g/mol. The Morgan fingerprint density at radius 2 is 1.90 bits per heavy atom. The van der Waals surface area contributed by atoms with Crippen LogP contribution in [0.25, 0.3) is 0 Å². The molecule has 4 nitrogen and oxygen atoms in total. The number of nitrogens with one attached hydrogen (secondary N) is 1. The van der Waals surface area contributed by atoms with Gasteiger partial charge in [0.15, 0.2) is 5.96 Å². The van der Waals surface area contributed by atoms with Crippen molar-refractivity contribution in [3.8, 4) is 0 Å². The second-order valence-electron chi connectivity index (χ2n) is 5.02. The standard InChI is InChI=1S/C16H24N4.HI/c1-2-3-10-18-16(17)19-13-14-6-8-15(9-7-14)20-11-4-5-12-20;/h4-9H,2-3,10-13H2,1H3,(H3,17,18,19);1H. The minimum Gasteiger partial charge on any atom is -0.370 e. The van der Waals surface area contributed by atoms with Gasteiger partial charge in [0.1, 0.15) is 0 Å². The molecule has 0 aromatic heterocycles. The Balaban J connectivity index is 0.00000220. The van der Waals surface area contributed by atoms with Gasteiger partial charge in [0, 0.05) is 25.3 Å². The van der Waals surface area contributed by atoms with E-state index in [1.54, 1.807) is 0 Å². The first-order chi connectivity index (χ1) is 9.79. The molecule has 5 heteroatoms. The predicted molar refractivity (Wildman–Crippen MR) is 101 cm³/mol. The van der Waals surface area contributed by atoms with Crippen LogP contribution in [-0.4, -0.2) is 25.6 Å². The lowest BCUT2D eigenvalue weighted by Gasteiger charge is -2.17. The molecule has 2 rings (SSSR count). The number of aliphatic imine (C=N–C) groups is 1. The zero-order valence-corrected chi connectivity index (χ0v) is 14.9. The lowest BCUT2D eigenvalue weighted by Crippen LogP contribution is -2.32. The van der Waals surface area contributed by atoms with Crippen LogP contribution in [0.3, 0.4) is 0 Å². The maximum absolute atomic E-state index is 5.81. The molecule has 0 fully saturated rings. The van der Waals surface area contributed by atoms with Crippen molar-refractivity contribution in [2.75, 3.05) is 24.5 Å². The lowest BCUT2D eigenvalue weighted by atomic mass is 10.2. The average Bonchev–Trinajstić information content (AvgIpc) is 3.00. The summed E-state index contributed by atoms with van der Waals surface area (Å²) >= 11 is 0. The molecule has 0 spiro atoms. The van der Waals surface area contributed by atoms with Gasteiger partial charge in [-0.25, -0.2) is 4.99 Å². The molecule has 0 amide bonds. The molecule has 21 heavy (non-hydrogen) atoms. The quantitative estimate of drug-likeness (QED) is 0.254. The average molecular weight is 400 g/mol. The minimum absolute atomic E-state index is 0. The maximum Gasteiger partial charge on any atom is 0.188 e. The summed E-state index contributed by atoms with van der Waals surface area (Å²) in [4.78, 5) is 6.68. The molecular weight excluding hydrogens is 375 g/mol. The molecule has 0 radical (unpaired) electrons. The Morgan fingerprint density at radius 3 is 2.52 bits per heavy atom. The number of rotatable bonds is 6. The predicted octanol–water partition coefficient (Wildman–Crippen LogP) is 2.89. The molecule has 1 aromatic rings. The van der Waals surface area contributed by atoms with E-state index in [1.807, 2.05) is 0 Å². The summed E-state index contributed by atoms with van der Waals surface area (Å²) in [6, 6.07) is 8.55. The Kier molecular flexibility index (Phi) is 8.19. The van der Waals surface area contributed by atoms with Gasteiger partial charge in [-0.2, -0.15) is 0 Å². The first-order valence-corrected chi connectivity index (χ1v) is 7.32. The second-order valence-corrected chi connectivity index (χ2v) is 5.02. The van der Waals surface area contributed by atoms with Crippen LogP contribution >= 0.6 is 24.0 Å². The number of guanidine groups is 1. The molecule has 1 heterocycles. The molecule has 3 N–H and O–H groups in total. The maximum atomic E-state index is 5.81. The van der Waals surface area contributed by atoms with Crippen LogP contribution in [-0.2, 0) is 6.54 Å². The van der Waals surface area contributed by atoms with Crippen LogP contribution in [0.15, 0.2) is 41.4 Å². The van der Waals surface area contributed by atoms with Crippen LogP contribution in [0.4, 0.5) is 5.69 Å². The Labute approximate surface area is 144 Å². The highest BCUT2D eigenvalue weighted by Crippen LogP contribution is 2.17. The number of unbranched alkanes of at least 4 members (excludes halogenated alkanes) is 1. The molecule has 0 aliphatic carbocycles. The first-order valence-electron chi connectivity index (χ1n) is 7.32. The number of anilines is 1. The number of nitrogens with zero attached hydrogens (tertiary/aromatic N) is 2. The van der Waals surface area contributed by atoms with Gasteiger partial charge >= 0.3 is 0 Å². The lowest BCUT2D eigenvalue weighted by molar-refractivity contribution is 0.748. The van der Waals surface area contributed by atoms with E-state index >= 15 is 0 Å². The van der Waals surface area contributed by atoms with Crippen molar-refractivity contribution < 1.29 is 0 Å². The second kappa shape index (κ2) is 9.65. The molecule has 0 unspecified atom stereocenters. The third-order valence-electron chi connectivity index (χ3n) is 3.39. The molecule has 1 aliphatic rings. The van der Waals surface area contributed by atoms with E-state index in [0.29, 0.717) is 12.5 Å². The molecule has 1 aliphatic heterocycles. The summed E-state index contributed by atoms with van der Waals surface area (Å²) in [5, 5.41) is 3.12. The van der Waals surface area contributed by atoms with E-state index in [-0.39, 0.29) is 24.0 Å². The largest absolute Gasteiger partial charge is 0.370 e. The SMILES string of the molecule is CCCCNC(N)=NCc1ccc(N2CC=CC2)cc1.I. The van der Waals surface area contributed by atoms with Gasteiger partial charge in [-0.1, -0.05) is 37.6 Å². The molecular formula is C16H25IN4. The molecule has 116 valence electrons. The summed E-state index contributed by atoms with van der Waals surface area (Å²) in [6.07, 6.45) is 6.67. The van der Waals surface area contributed by atoms with Crippen LogP contribution in [0.2, 0.25) is 0 Å². The van der Waals surface area contributed by atoms with Gasteiger partial charge in [0.2, 0.25) is 0 Å². The summed E-state index contributed by atoms with van der Waals surface area (Å²) in [5.74, 6) is 0.534. The van der Waals surface area contributed by atoms with E-state index in [4.69, 9.17) is 5.73 Å². The highest BCUT2D eigenvalue weighted by molar-refractivity contribution is 14.0. The fourth-order valence-electron chi connectivity index (χ4n) is 2.13. The fourth-order valence-corrected chi connectivity index (χ4v) is 2.13. The first kappa shape index (κ1) is 17.8. The summed E-state index contributed by atoms with van der Waals surface area (Å²) in [6.45, 7) is 5.69. The summed E-state index contributed by atoms with van der Waals surface area (Å²) in [5.41, 5.74) is 8.26. The van der Waals surface area contributed by atoms with Crippen molar-refractivity contribution in [2.45, 2.75) is 26.3 Å². The Morgan fingerprint density at radius 1 is 1.24 bits per heavy atom. The molecule has 0 bridgehead atoms. The zero-order chi connectivity index (χ0) is 14.2. The number of hydrogen-bond donors (Lipinski definition) is 2. The zero-order valence-electron chi connectivity index (χ0n) is 12.6. The van der Waals surface area contributed by atoms with Crippen molar-refractivity contribution in [3.63, 3.8) is 0 Å². The van der Waals surface area contributed by atoms with Crippen molar-refractivity contribution in [2.24, 2.45) is 10.7 Å². The van der Waals surface area contributed by atoms with Crippen LogP contribution in [0.5, 0.6) is 0 Å². The molecule has 0 saturated heterocycles. The molecule has 1 aromatic carbocycles. The van der Waals surface area contributed by atoms with Gasteiger partial charge in [-0.05, 0) is 24.1 Å². The third kappa shape index (κ3) is 5.95. The van der Waals surface area contributed by atoms with Crippen LogP contribution < -0.4 is 16.0 Å². The Bertz CT molecular complexity index is 460. The van der Waals surface area contributed by atoms with Crippen molar-refractivity contribution >= 4 is 35.6 Å². The van der Waals surface area contributed by atoms with E-state index < -0.39 is 0 Å². The van der Waals surface area contributed by atoms with Crippen LogP contribution in [0.1, 0.15) is 25.3 Å². The van der Waals surface area contributed by atoms with E-state index in [1.165, 1.54) is 11.3 Å². The van der Waals surface area contributed by atoms with Crippen molar-refractivity contribution in [3.05, 3.63) is 42.0 Å². The summed E-state index contributed by atoms with van der Waals surface area (Å²) in [7, 11) is 0. The minimum atomic E-state index is 0. The van der Waals surface area contributed by atoms with Crippen LogP contribution in [0, 0.1) is 0 Å². The normalized spacial score (nSPS) is 14.1. The number of benzene rings is 1. The van der Waals surface area contributed by atoms with E-state index in [0.717, 1.165) is 32.5 Å². The highest BCUT2D eigenvalue weighted by atomic mass is 127. The van der Waals surface area contributed by atoms with Gasteiger partial charge in [0.05, 0.1) is 6.54 Å². The summed E-state index contributed by atoms with van der Waals surface area (Å²) < 4.78 is 0. The topological polar surface area (TPSA) is 53.6 Å². The Hall–Kier alpha value is -1.24. The van der Waals surface area contributed by atoms with E-state index in [9.17, 15) is 0 Å².